The second-order valence-corrected chi connectivity index (χ2v) is 6.35. The van der Waals surface area contributed by atoms with Gasteiger partial charge in [-0.15, -0.1) is 11.3 Å². The summed E-state index contributed by atoms with van der Waals surface area (Å²) in [5, 5.41) is 10.9. The highest BCUT2D eigenvalue weighted by Crippen LogP contribution is 2.36. The van der Waals surface area contributed by atoms with Gasteiger partial charge in [-0.1, -0.05) is 12.1 Å². The topological polar surface area (TPSA) is 66.2 Å². The van der Waals surface area contributed by atoms with Crippen LogP contribution in [0.1, 0.15) is 11.1 Å². The van der Waals surface area contributed by atoms with E-state index in [-0.39, 0.29) is 12.5 Å². The van der Waals surface area contributed by atoms with Gasteiger partial charge in [-0.05, 0) is 35.9 Å². The van der Waals surface area contributed by atoms with Crippen molar-refractivity contribution in [1.29, 1.82) is 5.26 Å². The Balaban J connectivity index is 1.69. The first-order valence-corrected chi connectivity index (χ1v) is 8.64. The molecule has 0 saturated heterocycles. The van der Waals surface area contributed by atoms with Crippen LogP contribution in [0.5, 0.6) is 5.75 Å². The van der Waals surface area contributed by atoms with Crippen LogP contribution in [0.25, 0.3) is 11.3 Å². The van der Waals surface area contributed by atoms with Crippen molar-refractivity contribution in [2.24, 2.45) is 0 Å². The minimum Gasteiger partial charge on any atom is -0.482 e. The van der Waals surface area contributed by atoms with Gasteiger partial charge in [0.2, 0.25) is 0 Å². The van der Waals surface area contributed by atoms with E-state index >= 15 is 0 Å². The number of fused-ring (bicyclic) bond motifs is 1. The number of benzene rings is 2. The van der Waals surface area contributed by atoms with E-state index in [9.17, 15) is 4.79 Å². The fourth-order valence-electron chi connectivity index (χ4n) is 2.76. The molecule has 2 heterocycles. The summed E-state index contributed by atoms with van der Waals surface area (Å²) in [4.78, 5) is 18.5. The molecule has 0 N–H and O–H groups in total. The monoisotopic (exact) mass is 347 g/mol. The molecule has 0 saturated carbocycles. The summed E-state index contributed by atoms with van der Waals surface area (Å²) in [7, 11) is 0. The Morgan fingerprint density at radius 2 is 2.08 bits per heavy atom. The number of ether oxygens (including phenoxy) is 1. The number of anilines is 1. The molecule has 0 radical (unpaired) electrons. The summed E-state index contributed by atoms with van der Waals surface area (Å²) < 4.78 is 5.56. The van der Waals surface area contributed by atoms with Gasteiger partial charge in [-0.25, -0.2) is 4.98 Å². The maximum absolute atomic E-state index is 12.4. The van der Waals surface area contributed by atoms with Crippen molar-refractivity contribution >= 4 is 22.9 Å². The number of nitriles is 1. The number of amides is 1. The SMILES string of the molecule is N#Cc1ccc(CN2C(=O)COc3ccc(-c4cscn4)cc32)cc1. The quantitative estimate of drug-likeness (QED) is 0.726. The number of aromatic nitrogens is 1. The molecule has 4 rings (SSSR count). The molecule has 122 valence electrons. The van der Waals surface area contributed by atoms with Gasteiger partial charge in [-0.2, -0.15) is 5.26 Å². The maximum Gasteiger partial charge on any atom is 0.265 e. The zero-order valence-electron chi connectivity index (χ0n) is 13.2. The standard InChI is InChI=1S/C19H13N3O2S/c20-8-13-1-3-14(4-2-13)9-22-17-7-15(16-11-25-12-21-16)5-6-18(17)24-10-19(22)23/h1-7,11-12H,9-10H2. The van der Waals surface area contributed by atoms with E-state index in [0.29, 0.717) is 17.9 Å². The van der Waals surface area contributed by atoms with Crippen LogP contribution in [0.2, 0.25) is 0 Å². The smallest absolute Gasteiger partial charge is 0.265 e. The van der Waals surface area contributed by atoms with Crippen LogP contribution < -0.4 is 9.64 Å². The van der Waals surface area contributed by atoms with Crippen molar-refractivity contribution in [2.45, 2.75) is 6.54 Å². The lowest BCUT2D eigenvalue weighted by Crippen LogP contribution is -2.38. The average Bonchev–Trinajstić information content (AvgIpc) is 3.19. The molecule has 0 aliphatic carbocycles. The highest BCUT2D eigenvalue weighted by atomic mass is 32.1. The number of carbonyl (C=O) groups excluding carboxylic acids is 1. The van der Waals surface area contributed by atoms with E-state index in [0.717, 1.165) is 22.5 Å². The second kappa shape index (κ2) is 6.38. The summed E-state index contributed by atoms with van der Waals surface area (Å²) in [5.41, 5.74) is 5.91. The normalized spacial score (nSPS) is 13.1. The molecule has 3 aromatic rings. The van der Waals surface area contributed by atoms with E-state index in [4.69, 9.17) is 10.00 Å². The third-order valence-electron chi connectivity index (χ3n) is 4.05. The first kappa shape index (κ1) is 15.4. The number of hydrogen-bond donors (Lipinski definition) is 0. The van der Waals surface area contributed by atoms with Gasteiger partial charge in [0.25, 0.3) is 5.91 Å². The molecular weight excluding hydrogens is 334 g/mol. The Morgan fingerprint density at radius 3 is 2.80 bits per heavy atom. The molecule has 0 fully saturated rings. The molecule has 6 heteroatoms. The van der Waals surface area contributed by atoms with Crippen molar-refractivity contribution < 1.29 is 9.53 Å². The first-order chi connectivity index (χ1) is 12.2. The molecule has 5 nitrogen and oxygen atoms in total. The lowest BCUT2D eigenvalue weighted by atomic mass is 10.1. The van der Waals surface area contributed by atoms with Crippen molar-refractivity contribution in [3.63, 3.8) is 0 Å². The predicted molar refractivity (Wildman–Crippen MR) is 95.4 cm³/mol. The second-order valence-electron chi connectivity index (χ2n) is 5.63. The highest BCUT2D eigenvalue weighted by Gasteiger charge is 2.26. The average molecular weight is 347 g/mol. The van der Waals surface area contributed by atoms with Crippen molar-refractivity contribution in [3.05, 3.63) is 64.5 Å². The van der Waals surface area contributed by atoms with Crippen molar-refractivity contribution in [2.75, 3.05) is 11.5 Å². The fraction of sp³-hybridized carbons (Fsp3) is 0.105. The molecule has 0 bridgehead atoms. The van der Waals surface area contributed by atoms with E-state index in [2.05, 4.69) is 11.1 Å². The van der Waals surface area contributed by atoms with Crippen LogP contribution in [0.4, 0.5) is 5.69 Å². The van der Waals surface area contributed by atoms with Crippen molar-refractivity contribution in [1.82, 2.24) is 4.98 Å². The molecule has 1 aliphatic rings. The van der Waals surface area contributed by atoms with Gasteiger partial charge in [0, 0.05) is 10.9 Å². The maximum atomic E-state index is 12.4. The Labute approximate surface area is 148 Å². The summed E-state index contributed by atoms with van der Waals surface area (Å²) in [6.07, 6.45) is 0. The lowest BCUT2D eigenvalue weighted by Gasteiger charge is -2.30. The Kier molecular flexibility index (Phi) is 3.92. The van der Waals surface area contributed by atoms with Gasteiger partial charge in [0.1, 0.15) is 5.75 Å². The van der Waals surface area contributed by atoms with Crippen LogP contribution in [0.3, 0.4) is 0 Å². The third kappa shape index (κ3) is 2.97. The number of thiazole rings is 1. The Bertz CT molecular complexity index is 959. The molecule has 0 spiro atoms. The number of hydrogen-bond acceptors (Lipinski definition) is 5. The van der Waals surface area contributed by atoms with Crippen LogP contribution in [0, 0.1) is 11.3 Å². The third-order valence-corrected chi connectivity index (χ3v) is 4.64. The summed E-state index contributed by atoms with van der Waals surface area (Å²) >= 11 is 1.53. The molecule has 25 heavy (non-hydrogen) atoms. The minimum absolute atomic E-state index is 0.0271. The molecule has 1 aliphatic heterocycles. The van der Waals surface area contributed by atoms with Crippen molar-refractivity contribution in [3.8, 4) is 23.1 Å². The molecule has 1 aromatic heterocycles. The lowest BCUT2D eigenvalue weighted by molar-refractivity contribution is -0.121. The van der Waals surface area contributed by atoms with Crippen LogP contribution in [0.15, 0.2) is 53.4 Å². The van der Waals surface area contributed by atoms with Crippen LogP contribution in [-0.2, 0) is 11.3 Å². The number of nitrogens with zero attached hydrogens (tertiary/aromatic N) is 3. The van der Waals surface area contributed by atoms with Gasteiger partial charge in [-0.3, -0.25) is 4.79 Å². The van der Waals surface area contributed by atoms with Gasteiger partial charge < -0.3 is 9.64 Å². The predicted octanol–water partition coefficient (Wildman–Crippen LogP) is 3.61. The Hall–Kier alpha value is -3.17. The summed E-state index contributed by atoms with van der Waals surface area (Å²) in [6, 6.07) is 15.1. The summed E-state index contributed by atoms with van der Waals surface area (Å²) in [6.45, 7) is 0.459. The van der Waals surface area contributed by atoms with E-state index in [1.54, 1.807) is 22.5 Å². The van der Waals surface area contributed by atoms with Gasteiger partial charge in [0.15, 0.2) is 6.61 Å². The van der Waals surface area contributed by atoms with Crippen LogP contribution >= 0.6 is 11.3 Å². The first-order valence-electron chi connectivity index (χ1n) is 7.69. The Morgan fingerprint density at radius 1 is 1.24 bits per heavy atom. The summed E-state index contributed by atoms with van der Waals surface area (Å²) in [5.74, 6) is 0.597. The molecule has 2 aromatic carbocycles. The fourth-order valence-corrected chi connectivity index (χ4v) is 3.32. The molecular formula is C19H13N3O2S. The largest absolute Gasteiger partial charge is 0.482 e. The number of rotatable bonds is 3. The zero-order valence-corrected chi connectivity index (χ0v) is 14.0. The number of carbonyl (C=O) groups is 1. The molecule has 0 atom stereocenters. The van der Waals surface area contributed by atoms with Gasteiger partial charge >= 0.3 is 0 Å². The minimum atomic E-state index is -0.0905. The van der Waals surface area contributed by atoms with E-state index in [1.807, 2.05) is 35.7 Å². The van der Waals surface area contributed by atoms with E-state index in [1.165, 1.54) is 11.3 Å². The molecule has 0 unspecified atom stereocenters. The molecule has 1 amide bonds. The van der Waals surface area contributed by atoms with Crippen LogP contribution in [-0.4, -0.2) is 17.5 Å². The highest BCUT2D eigenvalue weighted by molar-refractivity contribution is 7.07. The van der Waals surface area contributed by atoms with Gasteiger partial charge in [0.05, 0.1) is 35.1 Å². The van der Waals surface area contributed by atoms with E-state index < -0.39 is 0 Å². The zero-order chi connectivity index (χ0) is 17.2.